The SMILES string of the molecule is CCC(O)CCCOCC1CCCCO1. The smallest absolute Gasteiger partial charge is 0.0808 e. The summed E-state index contributed by atoms with van der Waals surface area (Å²) in [5, 5.41) is 9.33. The van der Waals surface area contributed by atoms with Gasteiger partial charge in [0, 0.05) is 13.2 Å². The Morgan fingerprint density at radius 3 is 3.00 bits per heavy atom. The summed E-state index contributed by atoms with van der Waals surface area (Å²) in [6, 6.07) is 0. The van der Waals surface area contributed by atoms with E-state index in [9.17, 15) is 5.11 Å². The lowest BCUT2D eigenvalue weighted by Gasteiger charge is -2.22. The third-order valence-electron chi connectivity index (χ3n) is 2.88. The van der Waals surface area contributed by atoms with Crippen LogP contribution in [-0.2, 0) is 9.47 Å². The summed E-state index contributed by atoms with van der Waals surface area (Å²) in [5.74, 6) is 0. The lowest BCUT2D eigenvalue weighted by Crippen LogP contribution is -2.24. The second-order valence-corrected chi connectivity index (χ2v) is 4.27. The molecule has 2 unspecified atom stereocenters. The van der Waals surface area contributed by atoms with E-state index in [1.807, 2.05) is 6.92 Å². The summed E-state index contributed by atoms with van der Waals surface area (Å²) >= 11 is 0. The number of hydrogen-bond donors (Lipinski definition) is 1. The van der Waals surface area contributed by atoms with Crippen LogP contribution in [0.3, 0.4) is 0 Å². The molecule has 1 aliphatic heterocycles. The molecule has 1 rings (SSSR count). The maximum atomic E-state index is 9.33. The van der Waals surface area contributed by atoms with E-state index in [4.69, 9.17) is 9.47 Å². The van der Waals surface area contributed by atoms with Crippen molar-refractivity contribution < 1.29 is 14.6 Å². The van der Waals surface area contributed by atoms with Gasteiger partial charge in [-0.25, -0.2) is 0 Å². The van der Waals surface area contributed by atoms with E-state index in [0.29, 0.717) is 6.10 Å². The van der Waals surface area contributed by atoms with Crippen molar-refractivity contribution in [2.24, 2.45) is 0 Å². The number of ether oxygens (including phenoxy) is 2. The second kappa shape index (κ2) is 8.08. The molecule has 1 N–H and O–H groups in total. The van der Waals surface area contributed by atoms with Crippen LogP contribution in [0.4, 0.5) is 0 Å². The lowest BCUT2D eigenvalue weighted by atomic mass is 10.1. The van der Waals surface area contributed by atoms with Crippen LogP contribution in [0.15, 0.2) is 0 Å². The Labute approximate surface area is 92.8 Å². The van der Waals surface area contributed by atoms with E-state index in [-0.39, 0.29) is 6.10 Å². The van der Waals surface area contributed by atoms with Crippen LogP contribution < -0.4 is 0 Å². The van der Waals surface area contributed by atoms with Gasteiger partial charge in [-0.2, -0.15) is 0 Å². The minimum Gasteiger partial charge on any atom is -0.393 e. The molecule has 0 bridgehead atoms. The van der Waals surface area contributed by atoms with Gasteiger partial charge in [0.1, 0.15) is 0 Å². The largest absolute Gasteiger partial charge is 0.393 e. The van der Waals surface area contributed by atoms with E-state index >= 15 is 0 Å². The van der Waals surface area contributed by atoms with Gasteiger partial charge in [0.15, 0.2) is 0 Å². The summed E-state index contributed by atoms with van der Waals surface area (Å²) < 4.78 is 11.1. The zero-order valence-corrected chi connectivity index (χ0v) is 9.78. The third-order valence-corrected chi connectivity index (χ3v) is 2.88. The quantitative estimate of drug-likeness (QED) is 0.662. The predicted octanol–water partition coefficient (Wildman–Crippen LogP) is 2.12. The molecule has 0 aromatic rings. The molecule has 1 heterocycles. The molecule has 0 aromatic heterocycles. The molecule has 15 heavy (non-hydrogen) atoms. The molecule has 3 nitrogen and oxygen atoms in total. The van der Waals surface area contributed by atoms with Gasteiger partial charge in [-0.15, -0.1) is 0 Å². The highest BCUT2D eigenvalue weighted by Gasteiger charge is 2.13. The highest BCUT2D eigenvalue weighted by Crippen LogP contribution is 2.12. The normalized spacial score (nSPS) is 24.0. The summed E-state index contributed by atoms with van der Waals surface area (Å²) in [6.07, 6.45) is 6.39. The Bertz CT molecular complexity index is 144. The van der Waals surface area contributed by atoms with Crippen LogP contribution in [0, 0.1) is 0 Å². The Morgan fingerprint density at radius 1 is 1.47 bits per heavy atom. The first kappa shape index (κ1) is 12.9. The van der Waals surface area contributed by atoms with Crippen LogP contribution in [0.1, 0.15) is 45.4 Å². The first-order valence-corrected chi connectivity index (χ1v) is 6.20. The maximum absolute atomic E-state index is 9.33. The molecule has 0 aliphatic carbocycles. The van der Waals surface area contributed by atoms with Crippen molar-refractivity contribution in [3.63, 3.8) is 0 Å². The number of aliphatic hydroxyl groups excluding tert-OH is 1. The fourth-order valence-corrected chi connectivity index (χ4v) is 1.78. The van der Waals surface area contributed by atoms with E-state index in [1.165, 1.54) is 12.8 Å². The monoisotopic (exact) mass is 216 g/mol. The average Bonchev–Trinajstić information content (AvgIpc) is 2.29. The molecule has 0 aromatic carbocycles. The molecule has 1 aliphatic rings. The maximum Gasteiger partial charge on any atom is 0.0808 e. The van der Waals surface area contributed by atoms with Crippen LogP contribution in [0.2, 0.25) is 0 Å². The van der Waals surface area contributed by atoms with Crippen molar-refractivity contribution in [3.05, 3.63) is 0 Å². The number of aliphatic hydroxyl groups is 1. The van der Waals surface area contributed by atoms with Gasteiger partial charge in [-0.3, -0.25) is 0 Å². The van der Waals surface area contributed by atoms with Crippen molar-refractivity contribution in [1.82, 2.24) is 0 Å². The van der Waals surface area contributed by atoms with Gasteiger partial charge < -0.3 is 14.6 Å². The highest BCUT2D eigenvalue weighted by atomic mass is 16.5. The molecule has 2 atom stereocenters. The van der Waals surface area contributed by atoms with Crippen molar-refractivity contribution in [2.75, 3.05) is 19.8 Å². The Balaban J connectivity index is 1.87. The van der Waals surface area contributed by atoms with Gasteiger partial charge in [-0.05, 0) is 38.5 Å². The first-order valence-electron chi connectivity index (χ1n) is 6.20. The zero-order valence-electron chi connectivity index (χ0n) is 9.78. The van der Waals surface area contributed by atoms with Gasteiger partial charge in [-0.1, -0.05) is 6.92 Å². The van der Waals surface area contributed by atoms with Crippen molar-refractivity contribution >= 4 is 0 Å². The van der Waals surface area contributed by atoms with Crippen LogP contribution in [-0.4, -0.2) is 37.1 Å². The van der Waals surface area contributed by atoms with Crippen molar-refractivity contribution in [2.45, 2.75) is 57.7 Å². The van der Waals surface area contributed by atoms with E-state index in [1.54, 1.807) is 0 Å². The molecule has 90 valence electrons. The number of rotatable bonds is 7. The summed E-state index contributed by atoms with van der Waals surface area (Å²) in [5.41, 5.74) is 0. The molecule has 0 amide bonds. The summed E-state index contributed by atoms with van der Waals surface area (Å²) in [4.78, 5) is 0. The lowest BCUT2D eigenvalue weighted by molar-refractivity contribution is -0.0420. The van der Waals surface area contributed by atoms with E-state index < -0.39 is 0 Å². The highest BCUT2D eigenvalue weighted by molar-refractivity contribution is 4.62. The molecule has 1 fully saturated rings. The van der Waals surface area contributed by atoms with E-state index in [2.05, 4.69) is 0 Å². The fourth-order valence-electron chi connectivity index (χ4n) is 1.78. The standard InChI is InChI=1S/C12H24O3/c1-2-11(13)6-5-8-14-10-12-7-3-4-9-15-12/h11-13H,2-10H2,1H3. The Hall–Kier alpha value is -0.120. The molecule has 1 saturated heterocycles. The summed E-state index contributed by atoms with van der Waals surface area (Å²) in [6.45, 7) is 4.36. The predicted molar refractivity (Wildman–Crippen MR) is 59.9 cm³/mol. The number of hydrogen-bond acceptors (Lipinski definition) is 3. The molecule has 0 saturated carbocycles. The Kier molecular flexibility index (Phi) is 6.98. The van der Waals surface area contributed by atoms with Crippen LogP contribution in [0.25, 0.3) is 0 Å². The molecule has 0 spiro atoms. The minimum atomic E-state index is -0.153. The van der Waals surface area contributed by atoms with Gasteiger partial charge in [0.05, 0.1) is 18.8 Å². The van der Waals surface area contributed by atoms with Crippen molar-refractivity contribution in [3.8, 4) is 0 Å². The molecular formula is C12H24O3. The summed E-state index contributed by atoms with van der Waals surface area (Å²) in [7, 11) is 0. The zero-order chi connectivity index (χ0) is 10.9. The van der Waals surface area contributed by atoms with Gasteiger partial charge in [0.25, 0.3) is 0 Å². The topological polar surface area (TPSA) is 38.7 Å². The first-order chi connectivity index (χ1) is 7.33. The fraction of sp³-hybridized carbons (Fsp3) is 1.00. The Morgan fingerprint density at radius 2 is 2.33 bits per heavy atom. The second-order valence-electron chi connectivity index (χ2n) is 4.27. The van der Waals surface area contributed by atoms with E-state index in [0.717, 1.165) is 45.5 Å². The average molecular weight is 216 g/mol. The minimum absolute atomic E-state index is 0.153. The molecule has 3 heteroatoms. The van der Waals surface area contributed by atoms with Crippen molar-refractivity contribution in [1.29, 1.82) is 0 Å². The van der Waals surface area contributed by atoms with Crippen LogP contribution >= 0.6 is 0 Å². The third kappa shape index (κ3) is 6.13. The van der Waals surface area contributed by atoms with Crippen LogP contribution in [0.5, 0.6) is 0 Å². The van der Waals surface area contributed by atoms with Gasteiger partial charge >= 0.3 is 0 Å². The molecule has 0 radical (unpaired) electrons. The van der Waals surface area contributed by atoms with Gasteiger partial charge in [0.2, 0.25) is 0 Å². The molecular weight excluding hydrogens is 192 g/mol.